The fraction of sp³-hybridized carbons (Fsp3) is 0.294. The number of nitrogens with one attached hydrogen (secondary N) is 1. The third-order valence-corrected chi connectivity index (χ3v) is 7.83. The van der Waals surface area contributed by atoms with Gasteiger partial charge in [-0.15, -0.1) is 0 Å². The van der Waals surface area contributed by atoms with Gasteiger partial charge in [-0.1, -0.05) is 43.7 Å². The minimum atomic E-state index is -0.512. The lowest BCUT2D eigenvalue weighted by Gasteiger charge is -2.40. The molecule has 1 aliphatic heterocycles. The Labute approximate surface area is 247 Å². The first-order valence-corrected chi connectivity index (χ1v) is 14.3. The fourth-order valence-electron chi connectivity index (χ4n) is 5.65. The molecule has 4 aromatic rings. The van der Waals surface area contributed by atoms with Crippen molar-refractivity contribution in [3.05, 3.63) is 101 Å². The van der Waals surface area contributed by atoms with Crippen molar-refractivity contribution in [1.29, 1.82) is 0 Å². The van der Waals surface area contributed by atoms with E-state index >= 15 is 0 Å². The summed E-state index contributed by atoms with van der Waals surface area (Å²) in [6, 6.07) is 22.5. The molecule has 3 aromatic carbocycles. The Morgan fingerprint density at radius 1 is 0.905 bits per heavy atom. The van der Waals surface area contributed by atoms with E-state index in [1.807, 2.05) is 92.8 Å². The highest BCUT2D eigenvalue weighted by molar-refractivity contribution is 6.02. The van der Waals surface area contributed by atoms with Gasteiger partial charge >= 0.3 is 6.03 Å². The maximum Gasteiger partial charge on any atom is 0.322 e. The standard InChI is InChI=1S/C34H38N4O4/c1-6-7-19-36(34(40)35-32-23(2)12-10-13-24(32)3)22-31(39)38-28-15-9-8-14-27(28)37-20-11-16-29(37)33(38)26-21-25(41-4)17-18-30(26)42-5/h8-18,20-21,33H,6-7,19,22H2,1-5H3,(H,35,40). The molecule has 1 atom stereocenters. The third-order valence-electron chi connectivity index (χ3n) is 7.83. The number of carbonyl (C=O) groups excluding carboxylic acids is 2. The fourth-order valence-corrected chi connectivity index (χ4v) is 5.65. The van der Waals surface area contributed by atoms with Crippen LogP contribution in [0.15, 0.2) is 79.0 Å². The SMILES string of the molecule is CCCCN(CC(=O)N1c2ccccc2-n2cccc2C1c1cc(OC)ccc1OC)C(=O)Nc1c(C)cccc1C. The molecule has 218 valence electrons. The minimum absolute atomic E-state index is 0.0887. The van der Waals surface area contributed by atoms with Crippen molar-refractivity contribution >= 4 is 23.3 Å². The van der Waals surface area contributed by atoms with Crippen LogP contribution in [0.2, 0.25) is 0 Å². The number of benzene rings is 3. The summed E-state index contributed by atoms with van der Waals surface area (Å²) in [5, 5.41) is 3.08. The number of hydrogen-bond acceptors (Lipinski definition) is 4. The van der Waals surface area contributed by atoms with Crippen molar-refractivity contribution in [2.45, 2.75) is 39.7 Å². The molecule has 1 aromatic heterocycles. The molecule has 1 unspecified atom stereocenters. The molecule has 0 fully saturated rings. The van der Waals surface area contributed by atoms with Crippen LogP contribution in [0.25, 0.3) is 5.69 Å². The predicted octanol–water partition coefficient (Wildman–Crippen LogP) is 6.88. The molecule has 0 saturated heterocycles. The summed E-state index contributed by atoms with van der Waals surface area (Å²) in [6.45, 7) is 6.38. The number of methoxy groups -OCH3 is 2. The van der Waals surface area contributed by atoms with Gasteiger partial charge in [0.25, 0.3) is 0 Å². The van der Waals surface area contributed by atoms with E-state index in [1.165, 1.54) is 0 Å². The van der Waals surface area contributed by atoms with Crippen LogP contribution in [0, 0.1) is 13.8 Å². The van der Waals surface area contributed by atoms with Gasteiger partial charge in [0.1, 0.15) is 24.1 Å². The molecule has 0 saturated carbocycles. The van der Waals surface area contributed by atoms with Gasteiger partial charge in [0.2, 0.25) is 5.91 Å². The van der Waals surface area contributed by atoms with Gasteiger partial charge in [-0.25, -0.2) is 4.79 Å². The number of para-hydroxylation sites is 3. The van der Waals surface area contributed by atoms with E-state index in [-0.39, 0.29) is 18.5 Å². The molecule has 42 heavy (non-hydrogen) atoms. The second kappa shape index (κ2) is 12.4. The summed E-state index contributed by atoms with van der Waals surface area (Å²) in [5.41, 5.74) is 6.07. The average molecular weight is 567 g/mol. The zero-order chi connectivity index (χ0) is 29.8. The lowest BCUT2D eigenvalue weighted by molar-refractivity contribution is -0.119. The zero-order valence-electron chi connectivity index (χ0n) is 24.9. The van der Waals surface area contributed by atoms with Crippen LogP contribution in [0.5, 0.6) is 11.5 Å². The van der Waals surface area contributed by atoms with E-state index in [0.717, 1.165) is 52.3 Å². The normalized spacial score (nSPS) is 13.6. The second-order valence-electron chi connectivity index (χ2n) is 10.5. The first kappa shape index (κ1) is 28.8. The number of fused-ring (bicyclic) bond motifs is 3. The molecule has 8 heteroatoms. The number of nitrogens with zero attached hydrogens (tertiary/aromatic N) is 3. The van der Waals surface area contributed by atoms with Crippen LogP contribution in [0.1, 0.15) is 48.2 Å². The number of ether oxygens (including phenoxy) is 2. The molecule has 0 aliphatic carbocycles. The van der Waals surface area contributed by atoms with Crippen molar-refractivity contribution in [3.63, 3.8) is 0 Å². The first-order chi connectivity index (χ1) is 20.4. The number of amides is 3. The Bertz CT molecular complexity index is 1570. The van der Waals surface area contributed by atoms with Crippen molar-refractivity contribution in [1.82, 2.24) is 9.47 Å². The summed E-state index contributed by atoms with van der Waals surface area (Å²) in [4.78, 5) is 31.6. The van der Waals surface area contributed by atoms with E-state index in [1.54, 1.807) is 24.0 Å². The number of anilines is 2. The van der Waals surface area contributed by atoms with Crippen LogP contribution in [-0.4, -0.2) is 48.7 Å². The molecule has 8 nitrogen and oxygen atoms in total. The number of rotatable bonds is 9. The number of hydrogen-bond donors (Lipinski definition) is 1. The molecule has 1 aliphatic rings. The minimum Gasteiger partial charge on any atom is -0.497 e. The Kier molecular flexibility index (Phi) is 8.52. The van der Waals surface area contributed by atoms with E-state index in [4.69, 9.17) is 9.47 Å². The maximum atomic E-state index is 14.5. The highest BCUT2D eigenvalue weighted by Gasteiger charge is 2.38. The van der Waals surface area contributed by atoms with Crippen LogP contribution >= 0.6 is 0 Å². The van der Waals surface area contributed by atoms with Gasteiger partial charge in [-0.2, -0.15) is 0 Å². The molecule has 1 N–H and O–H groups in total. The van der Waals surface area contributed by atoms with Gasteiger partial charge in [0.15, 0.2) is 0 Å². The summed E-state index contributed by atoms with van der Waals surface area (Å²) in [6.07, 6.45) is 3.67. The Morgan fingerprint density at radius 3 is 2.33 bits per heavy atom. The van der Waals surface area contributed by atoms with Crippen LogP contribution in [0.4, 0.5) is 16.2 Å². The zero-order valence-corrected chi connectivity index (χ0v) is 24.9. The average Bonchev–Trinajstić information content (AvgIpc) is 3.50. The molecule has 2 heterocycles. The molecular formula is C34H38N4O4. The van der Waals surface area contributed by atoms with Crippen LogP contribution < -0.4 is 19.7 Å². The van der Waals surface area contributed by atoms with E-state index in [2.05, 4.69) is 16.8 Å². The summed E-state index contributed by atoms with van der Waals surface area (Å²) in [5.74, 6) is 1.10. The maximum absolute atomic E-state index is 14.5. The number of carbonyl (C=O) groups is 2. The quantitative estimate of drug-likeness (QED) is 0.240. The van der Waals surface area contributed by atoms with Crippen LogP contribution in [-0.2, 0) is 4.79 Å². The number of aromatic nitrogens is 1. The van der Waals surface area contributed by atoms with Crippen molar-refractivity contribution < 1.29 is 19.1 Å². The number of urea groups is 1. The van der Waals surface area contributed by atoms with Gasteiger partial charge in [-0.3, -0.25) is 9.69 Å². The Balaban J connectivity index is 1.57. The van der Waals surface area contributed by atoms with Gasteiger partial charge < -0.3 is 24.3 Å². The van der Waals surface area contributed by atoms with Crippen LogP contribution in [0.3, 0.4) is 0 Å². The third kappa shape index (κ3) is 5.44. The van der Waals surface area contributed by atoms with Gasteiger partial charge in [0.05, 0.1) is 31.3 Å². The second-order valence-corrected chi connectivity index (χ2v) is 10.5. The topological polar surface area (TPSA) is 76.0 Å². The largest absolute Gasteiger partial charge is 0.497 e. The van der Waals surface area contributed by atoms with Gasteiger partial charge in [0, 0.05) is 24.0 Å². The summed E-state index contributed by atoms with van der Waals surface area (Å²) < 4.78 is 13.5. The molecule has 0 spiro atoms. The van der Waals surface area contributed by atoms with E-state index in [0.29, 0.717) is 18.0 Å². The summed E-state index contributed by atoms with van der Waals surface area (Å²) in [7, 11) is 3.24. The highest BCUT2D eigenvalue weighted by Crippen LogP contribution is 2.45. The van der Waals surface area contributed by atoms with Crippen molar-refractivity contribution in [2.75, 3.05) is 37.5 Å². The summed E-state index contributed by atoms with van der Waals surface area (Å²) >= 11 is 0. The Morgan fingerprint density at radius 2 is 1.64 bits per heavy atom. The van der Waals surface area contributed by atoms with E-state index < -0.39 is 6.04 Å². The highest BCUT2D eigenvalue weighted by atomic mass is 16.5. The first-order valence-electron chi connectivity index (χ1n) is 14.3. The molecule has 5 rings (SSSR count). The molecule has 0 radical (unpaired) electrons. The monoisotopic (exact) mass is 566 g/mol. The number of aryl methyl sites for hydroxylation is 2. The lowest BCUT2D eigenvalue weighted by Crippen LogP contribution is -2.48. The Hall–Kier alpha value is -4.72. The van der Waals surface area contributed by atoms with Gasteiger partial charge in [-0.05, 0) is 73.9 Å². The smallest absolute Gasteiger partial charge is 0.322 e. The molecular weight excluding hydrogens is 528 g/mol. The number of unbranched alkanes of at least 4 members (excludes halogenated alkanes) is 1. The molecule has 3 amide bonds. The predicted molar refractivity (Wildman–Crippen MR) is 166 cm³/mol. The van der Waals surface area contributed by atoms with Crippen molar-refractivity contribution in [3.8, 4) is 17.2 Å². The molecule has 0 bridgehead atoms. The van der Waals surface area contributed by atoms with Crippen molar-refractivity contribution in [2.24, 2.45) is 0 Å². The lowest BCUT2D eigenvalue weighted by atomic mass is 9.96. The van der Waals surface area contributed by atoms with E-state index in [9.17, 15) is 9.59 Å².